The number of hydrogen-bond acceptors (Lipinski definition) is 5. The zero-order chi connectivity index (χ0) is 12.3. The summed E-state index contributed by atoms with van der Waals surface area (Å²) in [6, 6.07) is 3.21. The molecule has 1 rings (SSSR count). The Morgan fingerprint density at radius 3 is 2.62 bits per heavy atom. The second kappa shape index (κ2) is 4.39. The van der Waals surface area contributed by atoms with Gasteiger partial charge in [0.1, 0.15) is 6.07 Å². The highest BCUT2D eigenvalue weighted by Gasteiger charge is 2.21. The van der Waals surface area contributed by atoms with Gasteiger partial charge >= 0.3 is 12.3 Å². The maximum atomic E-state index is 11.9. The molecule has 0 saturated heterocycles. The van der Waals surface area contributed by atoms with Crippen LogP contribution in [0.5, 0.6) is 5.75 Å². The van der Waals surface area contributed by atoms with E-state index in [1.807, 2.05) is 0 Å². The quantitative estimate of drug-likeness (QED) is 0.482. The monoisotopic (exact) mass is 229 g/mol. The van der Waals surface area contributed by atoms with Gasteiger partial charge in [-0.1, -0.05) is 0 Å². The van der Waals surface area contributed by atoms with Crippen molar-refractivity contribution in [3.63, 3.8) is 0 Å². The van der Waals surface area contributed by atoms with E-state index >= 15 is 0 Å². The molecule has 2 N–H and O–H groups in total. The smallest absolute Gasteiger partial charge is 0.387 e. The molecule has 0 aliphatic rings. The number of nitro benzene ring substituents is 1. The fourth-order valence-corrected chi connectivity index (χ4v) is 1.01. The SMILES string of the molecule is N#Cc1cc(OC(F)F)c([N+](=O)[O-])cc1N. The Bertz CT molecular complexity index is 470. The van der Waals surface area contributed by atoms with Crippen LogP contribution < -0.4 is 10.5 Å². The first-order valence-corrected chi connectivity index (χ1v) is 3.88. The summed E-state index contributed by atoms with van der Waals surface area (Å²) in [6.45, 7) is -3.21. The van der Waals surface area contributed by atoms with Gasteiger partial charge in [0.2, 0.25) is 5.75 Å². The van der Waals surface area contributed by atoms with Crippen molar-refractivity contribution in [1.29, 1.82) is 5.26 Å². The van der Waals surface area contributed by atoms with Crippen LogP contribution >= 0.6 is 0 Å². The number of anilines is 1. The minimum absolute atomic E-state index is 0.166. The molecule has 0 aliphatic carbocycles. The third-order valence-electron chi connectivity index (χ3n) is 1.66. The molecular formula is C8H5F2N3O3. The molecule has 0 unspecified atom stereocenters. The van der Waals surface area contributed by atoms with Crippen LogP contribution in [0.3, 0.4) is 0 Å². The van der Waals surface area contributed by atoms with Crippen LogP contribution in [0.2, 0.25) is 0 Å². The number of halogens is 2. The molecule has 1 aromatic carbocycles. The van der Waals surface area contributed by atoms with Gasteiger partial charge in [0.25, 0.3) is 0 Å². The van der Waals surface area contributed by atoms with Gasteiger partial charge in [-0.15, -0.1) is 0 Å². The first-order chi connectivity index (χ1) is 7.45. The Morgan fingerprint density at radius 1 is 1.56 bits per heavy atom. The number of nitrogen functional groups attached to an aromatic ring is 1. The van der Waals surface area contributed by atoms with Gasteiger partial charge < -0.3 is 10.5 Å². The van der Waals surface area contributed by atoms with E-state index in [1.54, 1.807) is 6.07 Å². The summed E-state index contributed by atoms with van der Waals surface area (Å²) in [5.41, 5.74) is 4.25. The third kappa shape index (κ3) is 2.33. The van der Waals surface area contributed by atoms with Crippen molar-refractivity contribution < 1.29 is 18.4 Å². The standard InChI is InChI=1S/C8H5F2N3O3/c9-8(10)16-7-1-4(3-11)5(12)2-6(7)13(14)15/h1-2,8H,12H2. The van der Waals surface area contributed by atoms with E-state index in [4.69, 9.17) is 11.0 Å². The normalized spacial score (nSPS) is 9.88. The lowest BCUT2D eigenvalue weighted by molar-refractivity contribution is -0.386. The molecule has 0 amide bonds. The Hall–Kier alpha value is -2.43. The van der Waals surface area contributed by atoms with Gasteiger partial charge in [0.05, 0.1) is 16.2 Å². The Kier molecular flexibility index (Phi) is 3.20. The summed E-state index contributed by atoms with van der Waals surface area (Å²) in [4.78, 5) is 9.58. The summed E-state index contributed by atoms with van der Waals surface area (Å²) < 4.78 is 27.8. The Balaban J connectivity index is 3.32. The molecule has 0 atom stereocenters. The topological polar surface area (TPSA) is 102 Å². The highest BCUT2D eigenvalue weighted by Crippen LogP contribution is 2.32. The highest BCUT2D eigenvalue weighted by molar-refractivity contribution is 5.65. The van der Waals surface area contributed by atoms with Crippen molar-refractivity contribution in [2.24, 2.45) is 0 Å². The first kappa shape index (κ1) is 11.6. The number of ether oxygens (including phenoxy) is 1. The fourth-order valence-electron chi connectivity index (χ4n) is 1.01. The predicted octanol–water partition coefficient (Wildman–Crippen LogP) is 1.65. The lowest BCUT2D eigenvalue weighted by atomic mass is 10.1. The molecule has 8 heteroatoms. The minimum atomic E-state index is -3.21. The Labute approximate surface area is 88.0 Å². The lowest BCUT2D eigenvalue weighted by Gasteiger charge is -2.06. The van der Waals surface area contributed by atoms with E-state index in [-0.39, 0.29) is 11.3 Å². The average molecular weight is 229 g/mol. The van der Waals surface area contributed by atoms with Crippen LogP contribution in [0.15, 0.2) is 12.1 Å². The number of rotatable bonds is 3. The Morgan fingerprint density at radius 2 is 2.19 bits per heavy atom. The van der Waals surface area contributed by atoms with Crippen LogP contribution in [0.25, 0.3) is 0 Å². The second-order valence-corrected chi connectivity index (χ2v) is 2.65. The zero-order valence-corrected chi connectivity index (χ0v) is 7.68. The number of nitrogens with two attached hydrogens (primary N) is 1. The van der Waals surface area contributed by atoms with Crippen LogP contribution in [0, 0.1) is 21.4 Å². The van der Waals surface area contributed by atoms with Crippen LogP contribution in [-0.2, 0) is 0 Å². The van der Waals surface area contributed by atoms with Crippen molar-refractivity contribution in [2.75, 3.05) is 5.73 Å². The number of nitrogens with zero attached hydrogens (tertiary/aromatic N) is 2. The molecule has 84 valence electrons. The number of nitriles is 1. The van der Waals surface area contributed by atoms with Gasteiger partial charge in [-0.3, -0.25) is 10.1 Å². The first-order valence-electron chi connectivity index (χ1n) is 3.88. The molecule has 0 aromatic heterocycles. The largest absolute Gasteiger partial charge is 0.427 e. The maximum absolute atomic E-state index is 11.9. The van der Waals surface area contributed by atoms with E-state index in [1.165, 1.54) is 0 Å². The van der Waals surface area contributed by atoms with Gasteiger partial charge in [0.15, 0.2) is 0 Å². The van der Waals surface area contributed by atoms with Crippen LogP contribution in [0.1, 0.15) is 5.56 Å². The number of alkyl halides is 2. The summed E-state index contributed by atoms with van der Waals surface area (Å²) in [6.07, 6.45) is 0. The molecule has 0 bridgehead atoms. The molecule has 1 aromatic rings. The molecular weight excluding hydrogens is 224 g/mol. The van der Waals surface area contributed by atoms with Crippen molar-refractivity contribution in [1.82, 2.24) is 0 Å². The molecule has 0 heterocycles. The summed E-state index contributed by atoms with van der Waals surface area (Å²) >= 11 is 0. The van der Waals surface area contributed by atoms with Crippen molar-refractivity contribution in [3.8, 4) is 11.8 Å². The number of hydrogen-bond donors (Lipinski definition) is 1. The van der Waals surface area contributed by atoms with Crippen LogP contribution in [-0.4, -0.2) is 11.5 Å². The van der Waals surface area contributed by atoms with Crippen LogP contribution in [0.4, 0.5) is 20.2 Å². The van der Waals surface area contributed by atoms with E-state index in [0.29, 0.717) is 0 Å². The zero-order valence-electron chi connectivity index (χ0n) is 7.68. The molecule has 0 radical (unpaired) electrons. The van der Waals surface area contributed by atoms with E-state index in [0.717, 1.165) is 12.1 Å². The van der Waals surface area contributed by atoms with Gasteiger partial charge in [0, 0.05) is 12.1 Å². The average Bonchev–Trinajstić information content (AvgIpc) is 2.19. The van der Waals surface area contributed by atoms with E-state index in [2.05, 4.69) is 4.74 Å². The molecule has 0 spiro atoms. The van der Waals surface area contributed by atoms with Crippen molar-refractivity contribution >= 4 is 11.4 Å². The summed E-state index contributed by atoms with van der Waals surface area (Å²) in [5, 5.41) is 19.1. The maximum Gasteiger partial charge on any atom is 0.387 e. The third-order valence-corrected chi connectivity index (χ3v) is 1.66. The van der Waals surface area contributed by atoms with E-state index in [9.17, 15) is 18.9 Å². The van der Waals surface area contributed by atoms with Crippen molar-refractivity contribution in [2.45, 2.75) is 6.61 Å². The summed E-state index contributed by atoms with van der Waals surface area (Å²) in [5.74, 6) is -0.689. The van der Waals surface area contributed by atoms with Crippen molar-refractivity contribution in [3.05, 3.63) is 27.8 Å². The minimum Gasteiger partial charge on any atom is -0.427 e. The number of benzene rings is 1. The molecule has 6 nitrogen and oxygen atoms in total. The van der Waals surface area contributed by atoms with Gasteiger partial charge in [-0.2, -0.15) is 14.0 Å². The molecule has 0 saturated carbocycles. The summed E-state index contributed by atoms with van der Waals surface area (Å²) in [7, 11) is 0. The predicted molar refractivity (Wildman–Crippen MR) is 48.9 cm³/mol. The van der Waals surface area contributed by atoms with Gasteiger partial charge in [-0.05, 0) is 0 Å². The number of nitro groups is 1. The highest BCUT2D eigenvalue weighted by atomic mass is 19.3. The second-order valence-electron chi connectivity index (χ2n) is 2.65. The molecule has 0 fully saturated rings. The fraction of sp³-hybridized carbons (Fsp3) is 0.125. The molecule has 0 aliphatic heterocycles. The molecule has 16 heavy (non-hydrogen) atoms. The van der Waals surface area contributed by atoms with Gasteiger partial charge in [-0.25, -0.2) is 0 Å². The van der Waals surface area contributed by atoms with E-state index < -0.39 is 23.0 Å². The lowest BCUT2D eigenvalue weighted by Crippen LogP contribution is -2.06.